The molecule has 2 aromatic heterocycles. The predicted molar refractivity (Wildman–Crippen MR) is 187 cm³/mol. The molecule has 1 aliphatic heterocycles. The van der Waals surface area contributed by atoms with E-state index in [-0.39, 0.29) is 11.9 Å². The van der Waals surface area contributed by atoms with Crippen molar-refractivity contribution in [2.24, 2.45) is 0 Å². The molecule has 0 atom stereocenters. The van der Waals surface area contributed by atoms with Crippen molar-refractivity contribution in [3.63, 3.8) is 0 Å². The number of H-pyrrole nitrogens is 1. The molecule has 237 valence electrons. The summed E-state index contributed by atoms with van der Waals surface area (Å²) in [7, 11) is 4.42. The van der Waals surface area contributed by atoms with E-state index < -0.39 is 8.07 Å². The van der Waals surface area contributed by atoms with Gasteiger partial charge in [0.25, 0.3) is 0 Å². The van der Waals surface area contributed by atoms with Gasteiger partial charge in [0, 0.05) is 38.3 Å². The standard InChI is InChI=1S/C35H40N8O2Si/c1-42(2)27-14-12-25-17-26-13-15-28(19-30(26)46(4,5)29(25)18-27)43(3)16-6-7-31(44)37-20-23-8-10-24(11-9-23)21-45-34-32-33(39-22-38-32)40-35(36)41-34/h8-15,17-19,22H,6-7,16,20-21H2,1-5H3,(H3-,36,37,38,39,40,41,44)/q-1/p+1. The van der Waals surface area contributed by atoms with Crippen LogP contribution in [0, 0.1) is 0 Å². The Kier molecular flexibility index (Phi) is 8.59. The SMILES string of the molecule is CN(CCCC(=O)NCc1ccc(COc2nc(N)nc3nc[nH]c23)cc1)c1ccc2c(c1)[Si-](C)(C)C1=CC(=[N+](C)C)C=CC1=C2. The number of aromatic amines is 1. The lowest BCUT2D eigenvalue weighted by Crippen LogP contribution is -2.48. The lowest BCUT2D eigenvalue weighted by atomic mass is 10.0. The molecule has 2 aliphatic rings. The number of carbonyl (C=O) groups excluding carboxylic acids is 1. The summed E-state index contributed by atoms with van der Waals surface area (Å²) in [4.78, 5) is 30.3. The van der Waals surface area contributed by atoms with Crippen LogP contribution < -0.4 is 25.9 Å². The van der Waals surface area contributed by atoms with E-state index in [1.54, 1.807) is 0 Å². The van der Waals surface area contributed by atoms with E-state index >= 15 is 0 Å². The van der Waals surface area contributed by atoms with Gasteiger partial charge in [-0.1, -0.05) is 67.8 Å². The molecule has 2 aromatic carbocycles. The van der Waals surface area contributed by atoms with Gasteiger partial charge in [0.2, 0.25) is 17.7 Å². The molecule has 4 aromatic rings. The molecular weight excluding hydrogens is 593 g/mol. The van der Waals surface area contributed by atoms with Crippen molar-refractivity contribution in [2.75, 3.05) is 38.3 Å². The Balaban J connectivity index is 0.982. The molecule has 0 bridgehead atoms. The Labute approximate surface area is 270 Å². The first-order valence-corrected chi connectivity index (χ1v) is 18.5. The number of nitrogens with one attached hydrogen (secondary N) is 2. The largest absolute Gasteiger partial charge is 0.471 e. The van der Waals surface area contributed by atoms with Gasteiger partial charge in [0.15, 0.2) is 11.4 Å². The second-order valence-electron chi connectivity index (χ2n) is 12.6. The monoisotopic (exact) mass is 633 g/mol. The Morgan fingerprint density at radius 2 is 1.85 bits per heavy atom. The van der Waals surface area contributed by atoms with Crippen molar-refractivity contribution < 1.29 is 14.1 Å². The molecule has 0 unspecified atom stereocenters. The van der Waals surface area contributed by atoms with Crippen LogP contribution in [0.25, 0.3) is 17.2 Å². The third-order valence-electron chi connectivity index (χ3n) is 8.74. The van der Waals surface area contributed by atoms with E-state index in [4.69, 9.17) is 10.5 Å². The number of amides is 1. The molecule has 10 nitrogen and oxygen atoms in total. The summed E-state index contributed by atoms with van der Waals surface area (Å²) in [6, 6.07) is 14.8. The second kappa shape index (κ2) is 12.8. The van der Waals surface area contributed by atoms with E-state index in [2.05, 4.69) is 111 Å². The summed E-state index contributed by atoms with van der Waals surface area (Å²) in [6.45, 7) is 6.49. The zero-order chi connectivity index (χ0) is 32.4. The van der Waals surface area contributed by atoms with Gasteiger partial charge in [-0.25, -0.2) is 9.56 Å². The predicted octanol–water partition coefficient (Wildman–Crippen LogP) is 4.11. The maximum absolute atomic E-state index is 12.7. The fraction of sp³-hybridized carbons (Fsp3) is 0.286. The number of nitrogens with zero attached hydrogens (tertiary/aromatic N) is 5. The number of hydrogen-bond donors (Lipinski definition) is 3. The van der Waals surface area contributed by atoms with Crippen LogP contribution in [-0.4, -0.2) is 71.9 Å². The Morgan fingerprint density at radius 3 is 2.63 bits per heavy atom. The van der Waals surface area contributed by atoms with Crippen LogP contribution in [0.5, 0.6) is 5.88 Å². The fourth-order valence-electron chi connectivity index (χ4n) is 5.98. The summed E-state index contributed by atoms with van der Waals surface area (Å²) in [5.41, 5.74) is 13.9. The summed E-state index contributed by atoms with van der Waals surface area (Å²) >= 11 is 0. The average molecular weight is 634 g/mol. The minimum Gasteiger partial charge on any atom is -0.471 e. The molecule has 46 heavy (non-hydrogen) atoms. The molecule has 0 saturated carbocycles. The molecule has 0 spiro atoms. The Bertz CT molecular complexity index is 1920. The first-order valence-electron chi connectivity index (χ1n) is 15.5. The molecule has 3 heterocycles. The number of nitrogen functional groups attached to an aromatic ring is 1. The maximum Gasteiger partial charge on any atom is 0.245 e. The van der Waals surface area contributed by atoms with Gasteiger partial charge in [0.05, 0.1) is 6.33 Å². The number of aromatic nitrogens is 4. The molecule has 1 aliphatic carbocycles. The molecule has 1 amide bonds. The first kappa shape index (κ1) is 31.0. The number of carbonyl (C=O) groups is 1. The average Bonchev–Trinajstić information content (AvgIpc) is 3.51. The number of ether oxygens (including phenoxy) is 1. The third-order valence-corrected chi connectivity index (χ3v) is 12.3. The Morgan fingerprint density at radius 1 is 1.07 bits per heavy atom. The highest BCUT2D eigenvalue weighted by Crippen LogP contribution is 2.34. The highest BCUT2D eigenvalue weighted by molar-refractivity contribution is 6.97. The topological polar surface area (TPSA) is 125 Å². The highest BCUT2D eigenvalue weighted by Gasteiger charge is 2.27. The first-order chi connectivity index (χ1) is 22.1. The number of fused-ring (bicyclic) bond motifs is 3. The van der Waals surface area contributed by atoms with Crippen molar-refractivity contribution >= 4 is 53.8 Å². The van der Waals surface area contributed by atoms with Crippen LogP contribution in [0.15, 0.2) is 77.8 Å². The smallest absolute Gasteiger partial charge is 0.245 e. The van der Waals surface area contributed by atoms with Gasteiger partial charge in [-0.15, -0.1) is 0 Å². The zero-order valence-electron chi connectivity index (χ0n) is 27.1. The maximum atomic E-state index is 12.7. The van der Waals surface area contributed by atoms with Crippen LogP contribution in [0.1, 0.15) is 29.5 Å². The van der Waals surface area contributed by atoms with Gasteiger partial charge in [-0.2, -0.15) is 33.4 Å². The van der Waals surface area contributed by atoms with Crippen molar-refractivity contribution in [1.82, 2.24) is 25.3 Å². The highest BCUT2D eigenvalue weighted by atomic mass is 28.3. The molecule has 4 N–H and O–H groups in total. The number of imidazole rings is 1. The summed E-state index contributed by atoms with van der Waals surface area (Å²) in [5, 5.41) is 6.00. The van der Waals surface area contributed by atoms with Crippen molar-refractivity contribution in [3.05, 3.63) is 94.5 Å². The normalized spacial score (nSPS) is 14.7. The number of hydrogen-bond acceptors (Lipinski definition) is 7. The number of benzene rings is 2. The van der Waals surface area contributed by atoms with E-state index in [1.165, 1.54) is 39.2 Å². The summed E-state index contributed by atoms with van der Waals surface area (Å²) in [5.74, 6) is 0.524. The van der Waals surface area contributed by atoms with E-state index in [0.29, 0.717) is 36.6 Å². The zero-order valence-corrected chi connectivity index (χ0v) is 28.1. The quantitative estimate of drug-likeness (QED) is 0.177. The number of allylic oxidation sites excluding steroid dienone is 5. The minimum atomic E-state index is -1.88. The van der Waals surface area contributed by atoms with Crippen molar-refractivity contribution in [1.29, 1.82) is 0 Å². The van der Waals surface area contributed by atoms with Gasteiger partial charge in [-0.05, 0) is 29.7 Å². The fourth-order valence-corrected chi connectivity index (χ4v) is 9.04. The third kappa shape index (κ3) is 6.50. The van der Waals surface area contributed by atoms with Gasteiger partial charge in [-0.3, -0.25) is 4.79 Å². The van der Waals surface area contributed by atoms with Crippen molar-refractivity contribution in [3.8, 4) is 5.88 Å². The Hall–Kier alpha value is -5.03. The van der Waals surface area contributed by atoms with Crippen LogP contribution in [-0.2, 0) is 17.9 Å². The molecule has 11 heteroatoms. The van der Waals surface area contributed by atoms with E-state index in [0.717, 1.165) is 24.1 Å². The number of anilines is 2. The minimum absolute atomic E-state index is 0.0487. The summed E-state index contributed by atoms with van der Waals surface area (Å²) < 4.78 is 8.04. The van der Waals surface area contributed by atoms with E-state index in [1.807, 2.05) is 24.3 Å². The van der Waals surface area contributed by atoms with Crippen LogP contribution in [0.3, 0.4) is 0 Å². The molecular formula is C35H41N8O2Si. The molecule has 0 saturated heterocycles. The van der Waals surface area contributed by atoms with E-state index in [9.17, 15) is 4.79 Å². The van der Waals surface area contributed by atoms with Crippen LogP contribution in [0.4, 0.5) is 11.6 Å². The molecule has 6 rings (SSSR count). The van der Waals surface area contributed by atoms with Gasteiger partial charge >= 0.3 is 0 Å². The van der Waals surface area contributed by atoms with Crippen LogP contribution >= 0.6 is 0 Å². The van der Waals surface area contributed by atoms with Gasteiger partial charge in [0.1, 0.15) is 26.2 Å². The van der Waals surface area contributed by atoms with Gasteiger partial charge < -0.3 is 25.7 Å². The second-order valence-corrected chi connectivity index (χ2v) is 16.9. The number of rotatable bonds is 10. The summed E-state index contributed by atoms with van der Waals surface area (Å²) in [6.07, 6.45) is 11.9. The molecule has 0 fully saturated rings. The molecule has 0 radical (unpaired) electrons. The number of nitrogens with two attached hydrogens (primary N) is 1. The van der Waals surface area contributed by atoms with Crippen LogP contribution in [0.2, 0.25) is 13.1 Å². The lowest BCUT2D eigenvalue weighted by Gasteiger charge is -2.45. The van der Waals surface area contributed by atoms with Crippen molar-refractivity contribution in [2.45, 2.75) is 39.1 Å². The lowest BCUT2D eigenvalue weighted by molar-refractivity contribution is -0.462.